The summed E-state index contributed by atoms with van der Waals surface area (Å²) in [7, 11) is 3.48. The second-order valence-corrected chi connectivity index (χ2v) is 5.99. The van der Waals surface area contributed by atoms with Crippen molar-refractivity contribution in [2.24, 2.45) is 7.05 Å². The summed E-state index contributed by atoms with van der Waals surface area (Å²) >= 11 is 0. The lowest BCUT2D eigenvalue weighted by Crippen LogP contribution is -2.24. The van der Waals surface area contributed by atoms with Crippen LogP contribution >= 0.6 is 0 Å². The third-order valence-electron chi connectivity index (χ3n) is 3.35. The van der Waals surface area contributed by atoms with Crippen LogP contribution in [0.3, 0.4) is 0 Å². The molecule has 0 bridgehead atoms. The SMILES string of the molecule is COc1c(-c2nc(C)n(C(C)(C)C)c2N)c(C)nn1C. The number of anilines is 1. The molecule has 2 N–H and O–H groups in total. The number of aromatic nitrogens is 4. The zero-order valence-corrected chi connectivity index (χ0v) is 13.3. The van der Waals surface area contributed by atoms with Gasteiger partial charge in [-0.05, 0) is 34.6 Å². The molecule has 0 aromatic carbocycles. The molecule has 20 heavy (non-hydrogen) atoms. The smallest absolute Gasteiger partial charge is 0.221 e. The predicted molar refractivity (Wildman–Crippen MR) is 79.9 cm³/mol. The largest absolute Gasteiger partial charge is 0.481 e. The molecule has 0 aliphatic rings. The van der Waals surface area contributed by atoms with Gasteiger partial charge in [-0.2, -0.15) is 5.10 Å². The number of hydrogen-bond acceptors (Lipinski definition) is 4. The van der Waals surface area contributed by atoms with Crippen LogP contribution < -0.4 is 10.5 Å². The first-order valence-electron chi connectivity index (χ1n) is 6.61. The minimum Gasteiger partial charge on any atom is -0.481 e. The first-order chi connectivity index (χ1) is 9.18. The normalized spacial score (nSPS) is 11.9. The van der Waals surface area contributed by atoms with Crippen LogP contribution in [0.2, 0.25) is 0 Å². The van der Waals surface area contributed by atoms with Crippen molar-refractivity contribution in [2.75, 3.05) is 12.8 Å². The number of nitrogens with zero attached hydrogens (tertiary/aromatic N) is 4. The van der Waals surface area contributed by atoms with Crippen molar-refractivity contribution in [1.82, 2.24) is 19.3 Å². The van der Waals surface area contributed by atoms with Crippen molar-refractivity contribution >= 4 is 5.82 Å². The van der Waals surface area contributed by atoms with E-state index in [2.05, 4.69) is 30.9 Å². The second-order valence-electron chi connectivity index (χ2n) is 5.99. The molecule has 0 radical (unpaired) electrons. The molecule has 0 spiro atoms. The maximum absolute atomic E-state index is 6.33. The van der Waals surface area contributed by atoms with Crippen LogP contribution in [-0.4, -0.2) is 26.4 Å². The molecule has 2 heterocycles. The summed E-state index contributed by atoms with van der Waals surface area (Å²) in [6.07, 6.45) is 0. The molecule has 110 valence electrons. The first-order valence-corrected chi connectivity index (χ1v) is 6.61. The molecule has 2 aromatic rings. The van der Waals surface area contributed by atoms with Gasteiger partial charge in [0.1, 0.15) is 17.3 Å². The Labute approximate surface area is 119 Å². The molecule has 2 aromatic heterocycles. The van der Waals surface area contributed by atoms with Crippen molar-refractivity contribution in [2.45, 2.75) is 40.2 Å². The van der Waals surface area contributed by atoms with Gasteiger partial charge in [-0.1, -0.05) is 0 Å². The van der Waals surface area contributed by atoms with E-state index in [1.807, 2.05) is 25.5 Å². The summed E-state index contributed by atoms with van der Waals surface area (Å²) in [4.78, 5) is 4.63. The van der Waals surface area contributed by atoms with Crippen LogP contribution in [0.25, 0.3) is 11.3 Å². The van der Waals surface area contributed by atoms with E-state index in [1.54, 1.807) is 11.8 Å². The lowest BCUT2D eigenvalue weighted by atomic mass is 10.1. The highest BCUT2D eigenvalue weighted by Crippen LogP contribution is 2.37. The van der Waals surface area contributed by atoms with Crippen molar-refractivity contribution in [3.05, 3.63) is 11.5 Å². The zero-order chi connectivity index (χ0) is 15.2. The van der Waals surface area contributed by atoms with Gasteiger partial charge in [-0.25, -0.2) is 9.67 Å². The Morgan fingerprint density at radius 1 is 1.20 bits per heavy atom. The fraction of sp³-hybridized carbons (Fsp3) is 0.571. The topological polar surface area (TPSA) is 70.9 Å². The van der Waals surface area contributed by atoms with Gasteiger partial charge in [0.2, 0.25) is 5.88 Å². The Morgan fingerprint density at radius 2 is 1.80 bits per heavy atom. The van der Waals surface area contributed by atoms with E-state index in [0.29, 0.717) is 11.7 Å². The predicted octanol–water partition coefficient (Wildman–Crippen LogP) is 2.25. The summed E-state index contributed by atoms with van der Waals surface area (Å²) in [5, 5.41) is 4.39. The second kappa shape index (κ2) is 4.54. The summed E-state index contributed by atoms with van der Waals surface area (Å²) in [5.41, 5.74) is 8.66. The zero-order valence-electron chi connectivity index (χ0n) is 13.3. The maximum atomic E-state index is 6.33. The number of aryl methyl sites for hydroxylation is 3. The Hall–Kier alpha value is -1.98. The van der Waals surface area contributed by atoms with Crippen molar-refractivity contribution in [3.8, 4) is 17.1 Å². The molecule has 0 saturated carbocycles. The first kappa shape index (κ1) is 14.4. The number of nitrogens with two attached hydrogens (primary N) is 1. The van der Waals surface area contributed by atoms with E-state index in [-0.39, 0.29) is 5.54 Å². The minimum atomic E-state index is -0.122. The van der Waals surface area contributed by atoms with Gasteiger partial charge in [-0.3, -0.25) is 0 Å². The van der Waals surface area contributed by atoms with E-state index in [9.17, 15) is 0 Å². The van der Waals surface area contributed by atoms with Crippen LogP contribution in [0.1, 0.15) is 32.3 Å². The van der Waals surface area contributed by atoms with Gasteiger partial charge in [0.25, 0.3) is 0 Å². The lowest BCUT2D eigenvalue weighted by Gasteiger charge is -2.24. The highest BCUT2D eigenvalue weighted by molar-refractivity contribution is 5.77. The molecule has 0 unspecified atom stereocenters. The van der Waals surface area contributed by atoms with Gasteiger partial charge in [0.15, 0.2) is 0 Å². The number of hydrogen-bond donors (Lipinski definition) is 1. The van der Waals surface area contributed by atoms with Crippen molar-refractivity contribution < 1.29 is 4.74 Å². The Balaban J connectivity index is 2.73. The summed E-state index contributed by atoms with van der Waals surface area (Å²) in [5.74, 6) is 2.20. The number of ether oxygens (including phenoxy) is 1. The molecule has 0 atom stereocenters. The van der Waals surface area contributed by atoms with Crippen molar-refractivity contribution in [1.29, 1.82) is 0 Å². The number of imidazole rings is 1. The Kier molecular flexibility index (Phi) is 3.28. The molecule has 0 aliphatic carbocycles. The average Bonchev–Trinajstić information content (AvgIpc) is 2.74. The third-order valence-corrected chi connectivity index (χ3v) is 3.35. The standard InChI is InChI=1S/C14H23N5O/c1-8-10(13(20-7)18(6)17-8)11-12(15)19(9(2)16-11)14(3,4)5/h15H2,1-7H3. The van der Waals surface area contributed by atoms with Crippen LogP contribution in [0.4, 0.5) is 5.82 Å². The van der Waals surface area contributed by atoms with Gasteiger partial charge in [0.05, 0.1) is 18.4 Å². The average molecular weight is 277 g/mol. The van der Waals surface area contributed by atoms with E-state index in [1.165, 1.54) is 0 Å². The van der Waals surface area contributed by atoms with Gasteiger partial charge in [0, 0.05) is 12.6 Å². The Bertz CT molecular complexity index is 646. The van der Waals surface area contributed by atoms with Crippen molar-refractivity contribution in [3.63, 3.8) is 0 Å². The fourth-order valence-electron chi connectivity index (χ4n) is 2.72. The Morgan fingerprint density at radius 3 is 2.25 bits per heavy atom. The van der Waals surface area contributed by atoms with Gasteiger partial charge >= 0.3 is 0 Å². The molecule has 2 rings (SSSR count). The molecule has 0 amide bonds. The summed E-state index contributed by atoms with van der Waals surface area (Å²) in [6, 6.07) is 0. The molecule has 0 aliphatic heterocycles. The molecular formula is C14H23N5O. The number of methoxy groups -OCH3 is 1. The van der Waals surface area contributed by atoms with Crippen LogP contribution in [-0.2, 0) is 12.6 Å². The molecule has 6 heteroatoms. The highest BCUT2D eigenvalue weighted by Gasteiger charge is 2.27. The van der Waals surface area contributed by atoms with E-state index in [4.69, 9.17) is 10.5 Å². The van der Waals surface area contributed by atoms with E-state index < -0.39 is 0 Å². The third kappa shape index (κ3) is 2.05. The monoisotopic (exact) mass is 277 g/mol. The quantitative estimate of drug-likeness (QED) is 0.914. The van der Waals surface area contributed by atoms with Gasteiger partial charge < -0.3 is 15.0 Å². The van der Waals surface area contributed by atoms with Gasteiger partial charge in [-0.15, -0.1) is 0 Å². The van der Waals surface area contributed by atoms with E-state index in [0.717, 1.165) is 22.8 Å². The molecule has 0 saturated heterocycles. The number of nitrogen functional groups attached to an aromatic ring is 1. The van der Waals surface area contributed by atoms with E-state index >= 15 is 0 Å². The highest BCUT2D eigenvalue weighted by atomic mass is 16.5. The maximum Gasteiger partial charge on any atom is 0.221 e. The molecule has 0 fully saturated rings. The molecular weight excluding hydrogens is 254 g/mol. The molecule has 6 nitrogen and oxygen atoms in total. The number of rotatable bonds is 2. The summed E-state index contributed by atoms with van der Waals surface area (Å²) in [6.45, 7) is 10.2. The summed E-state index contributed by atoms with van der Waals surface area (Å²) < 4.78 is 9.18. The van der Waals surface area contributed by atoms with Crippen LogP contribution in [0.5, 0.6) is 5.88 Å². The van der Waals surface area contributed by atoms with Crippen LogP contribution in [0.15, 0.2) is 0 Å². The fourth-order valence-corrected chi connectivity index (χ4v) is 2.72. The lowest BCUT2D eigenvalue weighted by molar-refractivity contribution is 0.374. The minimum absolute atomic E-state index is 0.122. The van der Waals surface area contributed by atoms with Crippen LogP contribution in [0, 0.1) is 13.8 Å².